The summed E-state index contributed by atoms with van der Waals surface area (Å²) in [6.07, 6.45) is 0.963. The summed E-state index contributed by atoms with van der Waals surface area (Å²) >= 11 is 0. The molecule has 0 aliphatic rings. The minimum Gasteiger partial charge on any atom is -0.460 e. The van der Waals surface area contributed by atoms with Crippen LogP contribution < -0.4 is 5.32 Å². The number of ether oxygens (including phenoxy) is 2. The Morgan fingerprint density at radius 2 is 1.77 bits per heavy atom. The van der Waals surface area contributed by atoms with Crippen LogP contribution in [-0.4, -0.2) is 30.6 Å². The van der Waals surface area contributed by atoms with E-state index in [-0.39, 0.29) is 25.1 Å². The Morgan fingerprint density at radius 3 is 2.41 bits per heavy atom. The Labute approximate surface area is 132 Å². The lowest BCUT2D eigenvalue weighted by Crippen LogP contribution is -2.27. The summed E-state index contributed by atoms with van der Waals surface area (Å²) in [5, 5.41) is 2.96. The first-order valence-corrected chi connectivity index (χ1v) is 7.49. The fourth-order valence-corrected chi connectivity index (χ4v) is 1.73. The Morgan fingerprint density at radius 1 is 1.09 bits per heavy atom. The number of hydrogen-bond acceptors (Lipinski definition) is 5. The Balaban J connectivity index is 2.04. The standard InChI is InChI=1S/C17H25NO4/c1-17(2,3)22-15(19)10-7-11-18-12-16(20)21-13-14-8-5-4-6-9-14/h4-6,8-9,18H,7,10-13H2,1-3H3. The molecular formula is C17H25NO4. The Kier molecular flexibility index (Phi) is 7.60. The van der Waals surface area contributed by atoms with Crippen LogP contribution in [0, 0.1) is 0 Å². The number of carbonyl (C=O) groups is 2. The average molecular weight is 307 g/mol. The van der Waals surface area contributed by atoms with Crippen LogP contribution in [0.4, 0.5) is 0 Å². The molecule has 0 heterocycles. The monoisotopic (exact) mass is 307 g/mol. The maximum Gasteiger partial charge on any atom is 0.320 e. The second kappa shape index (κ2) is 9.20. The minimum absolute atomic E-state index is 0.140. The third-order valence-electron chi connectivity index (χ3n) is 2.67. The van der Waals surface area contributed by atoms with Crippen molar-refractivity contribution >= 4 is 11.9 Å². The van der Waals surface area contributed by atoms with Gasteiger partial charge >= 0.3 is 11.9 Å². The molecule has 0 aliphatic heterocycles. The largest absolute Gasteiger partial charge is 0.460 e. The first-order valence-electron chi connectivity index (χ1n) is 7.49. The van der Waals surface area contributed by atoms with Crippen molar-refractivity contribution in [2.75, 3.05) is 13.1 Å². The van der Waals surface area contributed by atoms with E-state index in [1.807, 2.05) is 51.1 Å². The molecule has 0 atom stereocenters. The van der Waals surface area contributed by atoms with E-state index in [2.05, 4.69) is 5.32 Å². The molecule has 0 saturated carbocycles. The van der Waals surface area contributed by atoms with Crippen molar-refractivity contribution in [2.45, 2.75) is 45.8 Å². The minimum atomic E-state index is -0.453. The first kappa shape index (κ1) is 18.2. The van der Waals surface area contributed by atoms with Gasteiger partial charge in [0.15, 0.2) is 0 Å². The van der Waals surface area contributed by atoms with Crippen molar-refractivity contribution in [1.82, 2.24) is 5.32 Å². The third kappa shape index (κ3) is 9.13. The van der Waals surface area contributed by atoms with Crippen LogP contribution in [0.1, 0.15) is 39.2 Å². The number of hydrogen-bond donors (Lipinski definition) is 1. The molecule has 1 aromatic carbocycles. The van der Waals surface area contributed by atoms with Gasteiger partial charge < -0.3 is 14.8 Å². The van der Waals surface area contributed by atoms with Crippen LogP contribution in [0.25, 0.3) is 0 Å². The normalized spacial score (nSPS) is 11.0. The van der Waals surface area contributed by atoms with Gasteiger partial charge in [-0.15, -0.1) is 0 Å². The zero-order valence-electron chi connectivity index (χ0n) is 13.6. The molecule has 0 spiro atoms. The molecule has 0 saturated heterocycles. The Hall–Kier alpha value is -1.88. The van der Waals surface area contributed by atoms with Gasteiger partial charge in [0.25, 0.3) is 0 Å². The molecule has 0 radical (unpaired) electrons. The van der Waals surface area contributed by atoms with Gasteiger partial charge in [0.05, 0.1) is 6.54 Å². The van der Waals surface area contributed by atoms with Crippen LogP contribution >= 0.6 is 0 Å². The summed E-state index contributed by atoms with van der Waals surface area (Å²) in [6, 6.07) is 9.52. The van der Waals surface area contributed by atoms with Crippen molar-refractivity contribution in [2.24, 2.45) is 0 Å². The van der Waals surface area contributed by atoms with Crippen LogP contribution in [-0.2, 0) is 25.7 Å². The molecule has 0 aromatic heterocycles. The molecular weight excluding hydrogens is 282 g/mol. The molecule has 0 bridgehead atoms. The number of esters is 2. The summed E-state index contributed by atoms with van der Waals surface area (Å²) in [6.45, 7) is 6.50. The fourth-order valence-electron chi connectivity index (χ4n) is 1.73. The van der Waals surface area contributed by atoms with E-state index in [0.29, 0.717) is 19.4 Å². The molecule has 0 amide bonds. The molecule has 5 nitrogen and oxygen atoms in total. The highest BCUT2D eigenvalue weighted by Crippen LogP contribution is 2.08. The molecule has 22 heavy (non-hydrogen) atoms. The van der Waals surface area contributed by atoms with Crippen molar-refractivity contribution in [3.8, 4) is 0 Å². The fraction of sp³-hybridized carbons (Fsp3) is 0.529. The van der Waals surface area contributed by atoms with Crippen LogP contribution in [0.2, 0.25) is 0 Å². The molecule has 1 rings (SSSR count). The number of carbonyl (C=O) groups excluding carboxylic acids is 2. The summed E-state index contributed by atoms with van der Waals surface area (Å²) < 4.78 is 10.3. The zero-order chi connectivity index (χ0) is 16.4. The predicted octanol–water partition coefficient (Wildman–Crippen LogP) is 2.44. The second-order valence-electron chi connectivity index (χ2n) is 6.01. The predicted molar refractivity (Wildman–Crippen MR) is 84.2 cm³/mol. The van der Waals surface area contributed by atoms with E-state index >= 15 is 0 Å². The van der Waals surface area contributed by atoms with Crippen molar-refractivity contribution in [3.63, 3.8) is 0 Å². The summed E-state index contributed by atoms with van der Waals surface area (Å²) in [5.74, 6) is -0.526. The highest BCUT2D eigenvalue weighted by molar-refractivity contribution is 5.71. The van der Waals surface area contributed by atoms with Crippen molar-refractivity contribution < 1.29 is 19.1 Å². The van der Waals surface area contributed by atoms with Gasteiger partial charge in [-0.05, 0) is 39.3 Å². The average Bonchev–Trinajstić information content (AvgIpc) is 2.44. The Bertz CT molecular complexity index is 465. The van der Waals surface area contributed by atoms with Gasteiger partial charge in [-0.3, -0.25) is 9.59 Å². The summed E-state index contributed by atoms with van der Waals surface area (Å²) in [7, 11) is 0. The zero-order valence-corrected chi connectivity index (χ0v) is 13.6. The smallest absolute Gasteiger partial charge is 0.320 e. The van der Waals surface area contributed by atoms with E-state index in [0.717, 1.165) is 5.56 Å². The summed E-state index contributed by atoms with van der Waals surface area (Å²) in [5.41, 5.74) is 0.506. The number of benzene rings is 1. The van der Waals surface area contributed by atoms with Gasteiger partial charge in [-0.1, -0.05) is 30.3 Å². The quantitative estimate of drug-likeness (QED) is 0.590. The van der Waals surface area contributed by atoms with E-state index in [1.54, 1.807) is 0 Å². The highest BCUT2D eigenvalue weighted by atomic mass is 16.6. The van der Waals surface area contributed by atoms with Gasteiger partial charge in [0.1, 0.15) is 12.2 Å². The van der Waals surface area contributed by atoms with Gasteiger partial charge in [0, 0.05) is 6.42 Å². The lowest BCUT2D eigenvalue weighted by molar-refractivity contribution is -0.154. The molecule has 122 valence electrons. The van der Waals surface area contributed by atoms with E-state index < -0.39 is 5.60 Å². The maximum atomic E-state index is 11.5. The lowest BCUT2D eigenvalue weighted by Gasteiger charge is -2.19. The number of nitrogens with one attached hydrogen (secondary N) is 1. The molecule has 0 fully saturated rings. The van der Waals surface area contributed by atoms with E-state index in [4.69, 9.17) is 9.47 Å². The lowest BCUT2D eigenvalue weighted by atomic mass is 10.2. The van der Waals surface area contributed by atoms with Crippen molar-refractivity contribution in [3.05, 3.63) is 35.9 Å². The second-order valence-corrected chi connectivity index (χ2v) is 6.01. The molecule has 1 N–H and O–H groups in total. The van der Waals surface area contributed by atoms with Crippen molar-refractivity contribution in [1.29, 1.82) is 0 Å². The van der Waals surface area contributed by atoms with Crippen LogP contribution in [0.3, 0.4) is 0 Å². The van der Waals surface area contributed by atoms with Crippen LogP contribution in [0.5, 0.6) is 0 Å². The van der Waals surface area contributed by atoms with Crippen LogP contribution in [0.15, 0.2) is 30.3 Å². The number of rotatable bonds is 8. The topological polar surface area (TPSA) is 64.6 Å². The first-order chi connectivity index (χ1) is 10.4. The van der Waals surface area contributed by atoms with Gasteiger partial charge in [0.2, 0.25) is 0 Å². The van der Waals surface area contributed by atoms with Gasteiger partial charge in [-0.2, -0.15) is 0 Å². The molecule has 5 heteroatoms. The summed E-state index contributed by atoms with van der Waals surface area (Å²) in [4.78, 5) is 23.0. The van der Waals surface area contributed by atoms with E-state index in [1.165, 1.54) is 0 Å². The van der Waals surface area contributed by atoms with Gasteiger partial charge in [-0.25, -0.2) is 0 Å². The highest BCUT2D eigenvalue weighted by Gasteiger charge is 2.15. The molecule has 0 unspecified atom stereocenters. The van der Waals surface area contributed by atoms with E-state index in [9.17, 15) is 9.59 Å². The molecule has 1 aromatic rings. The third-order valence-corrected chi connectivity index (χ3v) is 2.67. The SMILES string of the molecule is CC(C)(C)OC(=O)CCCNCC(=O)OCc1ccccc1. The maximum absolute atomic E-state index is 11.5. The molecule has 0 aliphatic carbocycles.